The SMILES string of the molecule is CCCCc1ccc(C#N)c(SC2CC(=O)N(c3ccc(C(=O)OCC(=O)c4ccc(Br)cc4)cc3)C2=O)n1. The molecule has 10 heteroatoms. The Morgan fingerprint density at radius 2 is 1.77 bits per heavy atom. The standard InChI is InChI=1S/C29H24BrN3O5S/c1-2-3-4-22-12-7-20(16-31)27(32-22)39-25-15-26(35)33(28(25)36)23-13-8-19(9-14-23)29(37)38-17-24(34)18-5-10-21(30)11-6-18/h5-14,25H,2-4,15,17H2,1H3. The van der Waals surface area contributed by atoms with Gasteiger partial charge in [0, 0.05) is 22.2 Å². The predicted molar refractivity (Wildman–Crippen MR) is 150 cm³/mol. The summed E-state index contributed by atoms with van der Waals surface area (Å²) in [5.74, 6) is -1.83. The molecule has 0 aliphatic carbocycles. The van der Waals surface area contributed by atoms with E-state index in [2.05, 4.69) is 33.9 Å². The Balaban J connectivity index is 1.40. The van der Waals surface area contributed by atoms with E-state index in [1.54, 1.807) is 30.3 Å². The van der Waals surface area contributed by atoms with Crippen LogP contribution >= 0.6 is 27.7 Å². The summed E-state index contributed by atoms with van der Waals surface area (Å²) in [5.41, 5.74) is 2.12. The molecule has 198 valence electrons. The van der Waals surface area contributed by atoms with Crippen LogP contribution in [0.4, 0.5) is 5.69 Å². The van der Waals surface area contributed by atoms with Crippen molar-refractivity contribution in [2.45, 2.75) is 42.9 Å². The molecule has 0 saturated carbocycles. The highest BCUT2D eigenvalue weighted by Crippen LogP contribution is 2.35. The minimum Gasteiger partial charge on any atom is -0.454 e. The molecule has 0 bridgehead atoms. The van der Waals surface area contributed by atoms with Crippen LogP contribution in [0.25, 0.3) is 0 Å². The van der Waals surface area contributed by atoms with Crippen molar-refractivity contribution in [3.05, 3.63) is 87.5 Å². The summed E-state index contributed by atoms with van der Waals surface area (Å²) in [4.78, 5) is 56.3. The smallest absolute Gasteiger partial charge is 0.338 e. The summed E-state index contributed by atoms with van der Waals surface area (Å²) in [6.45, 7) is 1.67. The van der Waals surface area contributed by atoms with Gasteiger partial charge in [0.1, 0.15) is 11.1 Å². The summed E-state index contributed by atoms with van der Waals surface area (Å²) in [6, 6.07) is 18.2. The molecule has 0 radical (unpaired) electrons. The number of ketones is 1. The van der Waals surface area contributed by atoms with Gasteiger partial charge in [0.15, 0.2) is 12.4 Å². The summed E-state index contributed by atoms with van der Waals surface area (Å²) < 4.78 is 5.97. The van der Waals surface area contributed by atoms with E-state index < -0.39 is 23.7 Å². The number of anilines is 1. The summed E-state index contributed by atoms with van der Waals surface area (Å²) >= 11 is 4.42. The molecule has 0 spiro atoms. The normalized spacial score (nSPS) is 14.8. The molecule has 1 unspecified atom stereocenters. The van der Waals surface area contributed by atoms with Crippen LogP contribution in [0.3, 0.4) is 0 Å². The lowest BCUT2D eigenvalue weighted by molar-refractivity contribution is -0.121. The summed E-state index contributed by atoms with van der Waals surface area (Å²) in [5, 5.41) is 9.22. The largest absolute Gasteiger partial charge is 0.454 e. The number of imide groups is 1. The zero-order valence-electron chi connectivity index (χ0n) is 21.1. The van der Waals surface area contributed by atoms with E-state index in [-0.39, 0.29) is 23.7 Å². The lowest BCUT2D eigenvalue weighted by Gasteiger charge is -2.15. The predicted octanol–water partition coefficient (Wildman–Crippen LogP) is 5.52. The van der Waals surface area contributed by atoms with Crippen molar-refractivity contribution in [2.24, 2.45) is 0 Å². The van der Waals surface area contributed by atoms with Crippen LogP contribution in [0.1, 0.15) is 58.2 Å². The molecule has 1 aliphatic rings. The number of amides is 2. The van der Waals surface area contributed by atoms with Gasteiger partial charge in [0.2, 0.25) is 11.8 Å². The fourth-order valence-corrected chi connectivity index (χ4v) is 5.31. The maximum Gasteiger partial charge on any atom is 0.338 e. The van der Waals surface area contributed by atoms with E-state index in [1.165, 1.54) is 24.3 Å². The van der Waals surface area contributed by atoms with Crippen molar-refractivity contribution >= 4 is 56.9 Å². The first kappa shape index (κ1) is 28.2. The van der Waals surface area contributed by atoms with Gasteiger partial charge in [-0.2, -0.15) is 5.26 Å². The number of hydrogen-bond acceptors (Lipinski definition) is 8. The molecular weight excluding hydrogens is 582 g/mol. The van der Waals surface area contributed by atoms with Gasteiger partial charge in [0.25, 0.3) is 0 Å². The molecule has 8 nitrogen and oxygen atoms in total. The number of benzene rings is 2. The van der Waals surface area contributed by atoms with Gasteiger partial charge < -0.3 is 4.74 Å². The molecule has 1 atom stereocenters. The van der Waals surface area contributed by atoms with Crippen LogP contribution in [-0.2, 0) is 20.7 Å². The van der Waals surface area contributed by atoms with Crippen LogP contribution in [0, 0.1) is 11.3 Å². The molecule has 3 aromatic rings. The number of ether oxygens (including phenoxy) is 1. The number of rotatable bonds is 10. The van der Waals surface area contributed by atoms with Gasteiger partial charge in [-0.3, -0.25) is 14.4 Å². The molecule has 1 aliphatic heterocycles. The van der Waals surface area contributed by atoms with Gasteiger partial charge in [-0.05, 0) is 61.4 Å². The van der Waals surface area contributed by atoms with E-state index >= 15 is 0 Å². The maximum absolute atomic E-state index is 13.2. The first-order chi connectivity index (χ1) is 18.8. The average Bonchev–Trinajstić information content (AvgIpc) is 3.22. The Morgan fingerprint density at radius 3 is 2.44 bits per heavy atom. The number of nitriles is 1. The highest BCUT2D eigenvalue weighted by atomic mass is 79.9. The van der Waals surface area contributed by atoms with Gasteiger partial charge >= 0.3 is 5.97 Å². The van der Waals surface area contributed by atoms with Gasteiger partial charge in [-0.25, -0.2) is 14.7 Å². The monoisotopic (exact) mass is 605 g/mol. The molecule has 1 saturated heterocycles. The summed E-state index contributed by atoms with van der Waals surface area (Å²) in [7, 11) is 0. The number of nitrogens with zero attached hydrogens (tertiary/aromatic N) is 3. The van der Waals surface area contributed by atoms with E-state index in [1.807, 2.05) is 6.07 Å². The highest BCUT2D eigenvalue weighted by molar-refractivity contribution is 9.10. The Kier molecular flexibility index (Phi) is 9.28. The Labute approximate surface area is 238 Å². The van der Waals surface area contributed by atoms with Crippen LogP contribution < -0.4 is 4.90 Å². The van der Waals surface area contributed by atoms with Crippen molar-refractivity contribution in [1.29, 1.82) is 5.26 Å². The van der Waals surface area contributed by atoms with Gasteiger partial charge in [-0.1, -0.05) is 53.2 Å². The number of thioether (sulfide) groups is 1. The number of carbonyl (C=O) groups excluding carboxylic acids is 4. The van der Waals surface area contributed by atoms with Crippen molar-refractivity contribution in [1.82, 2.24) is 4.98 Å². The van der Waals surface area contributed by atoms with Crippen molar-refractivity contribution in [3.63, 3.8) is 0 Å². The number of Topliss-reactive ketones (excluding diaryl/α,β-unsaturated/α-hetero) is 1. The first-order valence-electron chi connectivity index (χ1n) is 12.3. The molecule has 4 rings (SSSR count). The molecule has 2 amide bonds. The number of esters is 1. The molecule has 0 N–H and O–H groups in total. The molecule has 1 fully saturated rings. The van der Waals surface area contributed by atoms with Crippen molar-refractivity contribution < 1.29 is 23.9 Å². The fraction of sp³-hybridized carbons (Fsp3) is 0.241. The zero-order valence-corrected chi connectivity index (χ0v) is 23.5. The van der Waals surface area contributed by atoms with Crippen LogP contribution in [0.15, 0.2) is 70.2 Å². The third-order valence-electron chi connectivity index (χ3n) is 6.05. The van der Waals surface area contributed by atoms with Crippen molar-refractivity contribution in [3.8, 4) is 6.07 Å². The van der Waals surface area contributed by atoms with E-state index in [9.17, 15) is 24.4 Å². The number of pyridine rings is 1. The number of aryl methyl sites for hydroxylation is 1. The van der Waals surface area contributed by atoms with E-state index in [0.717, 1.165) is 46.1 Å². The molecule has 1 aromatic heterocycles. The first-order valence-corrected chi connectivity index (χ1v) is 14.0. The van der Waals surface area contributed by atoms with Crippen molar-refractivity contribution in [2.75, 3.05) is 11.5 Å². The minimum atomic E-state index is -0.715. The quantitative estimate of drug-likeness (QED) is 0.168. The van der Waals surface area contributed by atoms with Crippen LogP contribution in [0.5, 0.6) is 0 Å². The zero-order chi connectivity index (χ0) is 27.9. The number of carbonyl (C=O) groups is 4. The second kappa shape index (κ2) is 12.8. The number of hydrogen-bond donors (Lipinski definition) is 0. The minimum absolute atomic E-state index is 0.0306. The Bertz CT molecular complexity index is 1450. The molecular formula is C29H24BrN3O5S. The lowest BCUT2D eigenvalue weighted by atomic mass is 10.1. The fourth-order valence-electron chi connectivity index (χ4n) is 3.93. The maximum atomic E-state index is 13.2. The highest BCUT2D eigenvalue weighted by Gasteiger charge is 2.40. The van der Waals surface area contributed by atoms with E-state index in [4.69, 9.17) is 4.74 Å². The van der Waals surface area contributed by atoms with Gasteiger partial charge in [-0.15, -0.1) is 0 Å². The topological polar surface area (TPSA) is 117 Å². The number of aromatic nitrogens is 1. The number of unbranched alkanes of at least 4 members (excludes halogenated alkanes) is 1. The van der Waals surface area contributed by atoms with Crippen LogP contribution in [0.2, 0.25) is 0 Å². The third-order valence-corrected chi connectivity index (χ3v) is 7.76. The average molecular weight is 606 g/mol. The third kappa shape index (κ3) is 6.80. The van der Waals surface area contributed by atoms with Gasteiger partial charge in [0.05, 0.1) is 22.1 Å². The second-order valence-corrected chi connectivity index (χ2v) is 10.9. The van der Waals surface area contributed by atoms with Crippen LogP contribution in [-0.4, -0.2) is 40.4 Å². The number of halogens is 1. The lowest BCUT2D eigenvalue weighted by Crippen LogP contribution is -2.31. The molecule has 2 aromatic carbocycles. The second-order valence-electron chi connectivity index (χ2n) is 8.80. The van der Waals surface area contributed by atoms with E-state index in [0.29, 0.717) is 21.8 Å². The Hall–Kier alpha value is -3.81. The summed E-state index contributed by atoms with van der Waals surface area (Å²) in [6.07, 6.45) is 2.71. The molecule has 39 heavy (non-hydrogen) atoms. The Morgan fingerprint density at radius 1 is 1.08 bits per heavy atom. The molecule has 2 heterocycles.